The number of hydrogen-bond acceptors (Lipinski definition) is 4. The summed E-state index contributed by atoms with van der Waals surface area (Å²) in [6, 6.07) is 9.58. The molecule has 2 aliphatic rings. The van der Waals surface area contributed by atoms with E-state index in [1.54, 1.807) is 22.9 Å². The van der Waals surface area contributed by atoms with Crippen molar-refractivity contribution in [2.75, 3.05) is 0 Å². The van der Waals surface area contributed by atoms with Crippen LogP contribution in [0.25, 0.3) is 16.7 Å². The summed E-state index contributed by atoms with van der Waals surface area (Å²) < 4.78 is 7.41. The van der Waals surface area contributed by atoms with Crippen molar-refractivity contribution in [2.24, 2.45) is 0 Å². The Balaban J connectivity index is 1.95. The smallest absolute Gasteiger partial charge is 0.267 e. The third-order valence-corrected chi connectivity index (χ3v) is 4.15. The summed E-state index contributed by atoms with van der Waals surface area (Å²) in [5.41, 5.74) is 3.51. The van der Waals surface area contributed by atoms with E-state index in [-0.39, 0.29) is 17.8 Å². The van der Waals surface area contributed by atoms with Gasteiger partial charge in [0.15, 0.2) is 11.5 Å². The third kappa shape index (κ3) is 1.36. The second-order valence-corrected chi connectivity index (χ2v) is 5.52. The Bertz CT molecular complexity index is 977. The predicted molar refractivity (Wildman–Crippen MR) is 76.4 cm³/mol. The minimum atomic E-state index is -0.126. The standard InChI is InChI=1S/C16H11N3O2/c1-8-4-5-11-10(7-8)12-13(21-12)15-18-14-9(3-2-6-17-14)16(20)19(11)15/h2-7,12-13H,1H3. The molecule has 0 bridgehead atoms. The highest BCUT2D eigenvalue weighted by atomic mass is 16.6. The maximum atomic E-state index is 12.8. The summed E-state index contributed by atoms with van der Waals surface area (Å²) in [4.78, 5) is 21.6. The maximum Gasteiger partial charge on any atom is 0.267 e. The van der Waals surface area contributed by atoms with Crippen molar-refractivity contribution < 1.29 is 4.74 Å². The molecule has 1 fully saturated rings. The molecule has 1 saturated heterocycles. The Morgan fingerprint density at radius 1 is 1.24 bits per heavy atom. The predicted octanol–water partition coefficient (Wildman–Crippen LogP) is 2.22. The van der Waals surface area contributed by atoms with Crippen LogP contribution in [-0.4, -0.2) is 14.5 Å². The molecule has 5 heteroatoms. The molecule has 5 rings (SSSR count). The van der Waals surface area contributed by atoms with E-state index in [1.165, 1.54) is 0 Å². The first-order chi connectivity index (χ1) is 10.2. The van der Waals surface area contributed by atoms with Gasteiger partial charge in [-0.3, -0.25) is 9.36 Å². The zero-order valence-electron chi connectivity index (χ0n) is 11.3. The summed E-state index contributed by atoms with van der Waals surface area (Å²) in [7, 11) is 0. The molecular formula is C16H11N3O2. The second kappa shape index (κ2) is 3.56. The lowest BCUT2D eigenvalue weighted by Crippen LogP contribution is -2.27. The summed E-state index contributed by atoms with van der Waals surface area (Å²) >= 11 is 0. The molecule has 0 aliphatic carbocycles. The van der Waals surface area contributed by atoms with Crippen molar-refractivity contribution in [1.29, 1.82) is 0 Å². The highest BCUT2D eigenvalue weighted by Gasteiger charge is 2.49. The molecule has 0 N–H and O–H groups in total. The molecule has 4 heterocycles. The molecule has 0 radical (unpaired) electrons. The van der Waals surface area contributed by atoms with Gasteiger partial charge in [0.25, 0.3) is 5.56 Å². The van der Waals surface area contributed by atoms with E-state index in [4.69, 9.17) is 4.74 Å². The summed E-state index contributed by atoms with van der Waals surface area (Å²) in [5, 5.41) is 0.534. The van der Waals surface area contributed by atoms with Crippen LogP contribution in [0.15, 0.2) is 41.3 Å². The van der Waals surface area contributed by atoms with Crippen molar-refractivity contribution >= 4 is 11.0 Å². The largest absolute Gasteiger partial charge is 0.356 e. The normalized spacial score (nSPS) is 21.6. The van der Waals surface area contributed by atoms with E-state index in [0.29, 0.717) is 16.9 Å². The Labute approximate surface area is 119 Å². The van der Waals surface area contributed by atoms with Crippen molar-refractivity contribution in [3.63, 3.8) is 0 Å². The average molecular weight is 277 g/mol. The van der Waals surface area contributed by atoms with Gasteiger partial charge < -0.3 is 4.74 Å². The van der Waals surface area contributed by atoms with Gasteiger partial charge in [0, 0.05) is 11.8 Å². The first-order valence-electron chi connectivity index (χ1n) is 6.88. The van der Waals surface area contributed by atoms with Gasteiger partial charge in [-0.25, -0.2) is 9.97 Å². The Kier molecular flexibility index (Phi) is 1.89. The van der Waals surface area contributed by atoms with Gasteiger partial charge in [0.1, 0.15) is 12.2 Å². The monoisotopic (exact) mass is 277 g/mol. The van der Waals surface area contributed by atoms with E-state index in [9.17, 15) is 4.79 Å². The molecule has 3 aromatic rings. The van der Waals surface area contributed by atoms with Gasteiger partial charge in [-0.05, 0) is 25.1 Å². The van der Waals surface area contributed by atoms with E-state index < -0.39 is 0 Å². The number of benzene rings is 1. The van der Waals surface area contributed by atoms with Crippen molar-refractivity contribution in [3.05, 3.63) is 63.8 Å². The number of fused-ring (bicyclic) bond motifs is 7. The Hall–Kier alpha value is -2.53. The number of epoxide rings is 1. The van der Waals surface area contributed by atoms with Crippen LogP contribution in [0.1, 0.15) is 29.2 Å². The molecule has 21 heavy (non-hydrogen) atoms. The fraction of sp³-hybridized carbons (Fsp3) is 0.188. The van der Waals surface area contributed by atoms with Gasteiger partial charge >= 0.3 is 0 Å². The van der Waals surface area contributed by atoms with Crippen LogP contribution >= 0.6 is 0 Å². The van der Waals surface area contributed by atoms with Crippen LogP contribution in [0.4, 0.5) is 0 Å². The second-order valence-electron chi connectivity index (χ2n) is 5.52. The first-order valence-corrected chi connectivity index (χ1v) is 6.88. The van der Waals surface area contributed by atoms with Gasteiger partial charge in [-0.15, -0.1) is 0 Å². The number of aryl methyl sites for hydroxylation is 1. The zero-order valence-corrected chi connectivity index (χ0v) is 11.3. The molecule has 0 saturated carbocycles. The molecule has 2 atom stereocenters. The summed E-state index contributed by atoms with van der Waals surface area (Å²) in [6.07, 6.45) is 1.54. The fourth-order valence-electron chi connectivity index (χ4n) is 3.11. The van der Waals surface area contributed by atoms with Crippen LogP contribution in [0.2, 0.25) is 0 Å². The maximum absolute atomic E-state index is 12.8. The molecule has 2 unspecified atom stereocenters. The van der Waals surface area contributed by atoms with Crippen LogP contribution in [0.5, 0.6) is 0 Å². The Morgan fingerprint density at radius 3 is 3.05 bits per heavy atom. The quantitative estimate of drug-likeness (QED) is 0.591. The van der Waals surface area contributed by atoms with Crippen molar-refractivity contribution in [2.45, 2.75) is 19.1 Å². The zero-order chi connectivity index (χ0) is 14.1. The molecule has 102 valence electrons. The molecule has 2 aliphatic heterocycles. The lowest BCUT2D eigenvalue weighted by atomic mass is 10.0. The van der Waals surface area contributed by atoms with Crippen LogP contribution in [0.3, 0.4) is 0 Å². The van der Waals surface area contributed by atoms with E-state index in [0.717, 1.165) is 16.8 Å². The molecular weight excluding hydrogens is 266 g/mol. The highest BCUT2D eigenvalue weighted by Crippen LogP contribution is 2.55. The van der Waals surface area contributed by atoms with E-state index in [2.05, 4.69) is 16.0 Å². The number of ether oxygens (including phenoxy) is 1. The molecule has 5 nitrogen and oxygen atoms in total. The lowest BCUT2D eigenvalue weighted by molar-refractivity contribution is 0.374. The van der Waals surface area contributed by atoms with Gasteiger partial charge in [0.2, 0.25) is 0 Å². The lowest BCUT2D eigenvalue weighted by Gasteiger charge is -2.18. The summed E-state index contributed by atoms with van der Waals surface area (Å²) in [6.45, 7) is 2.04. The molecule has 2 aromatic heterocycles. The average Bonchev–Trinajstić information content (AvgIpc) is 3.28. The number of hydrogen-bond donors (Lipinski definition) is 0. The van der Waals surface area contributed by atoms with Crippen molar-refractivity contribution in [1.82, 2.24) is 14.5 Å². The van der Waals surface area contributed by atoms with Crippen molar-refractivity contribution in [3.8, 4) is 5.69 Å². The van der Waals surface area contributed by atoms with Crippen LogP contribution in [-0.2, 0) is 4.74 Å². The summed E-state index contributed by atoms with van der Waals surface area (Å²) in [5.74, 6) is 0.660. The minimum absolute atomic E-state index is 0.0213. The number of aromatic nitrogens is 3. The highest BCUT2D eigenvalue weighted by molar-refractivity contribution is 5.74. The molecule has 0 amide bonds. The SMILES string of the molecule is Cc1ccc2c(c1)C1OC1c1nc3ncccc3c(=O)n1-2. The number of pyridine rings is 1. The van der Waals surface area contributed by atoms with E-state index in [1.807, 2.05) is 19.1 Å². The van der Waals surface area contributed by atoms with Gasteiger partial charge in [0.05, 0.1) is 11.1 Å². The Morgan fingerprint density at radius 2 is 2.14 bits per heavy atom. The number of rotatable bonds is 0. The molecule has 0 spiro atoms. The third-order valence-electron chi connectivity index (χ3n) is 4.15. The van der Waals surface area contributed by atoms with Gasteiger partial charge in [-0.2, -0.15) is 0 Å². The van der Waals surface area contributed by atoms with Gasteiger partial charge in [-0.1, -0.05) is 17.7 Å². The van der Waals surface area contributed by atoms with Crippen LogP contribution in [0, 0.1) is 6.92 Å². The first kappa shape index (κ1) is 11.2. The minimum Gasteiger partial charge on any atom is -0.356 e. The van der Waals surface area contributed by atoms with Crippen LogP contribution < -0.4 is 5.56 Å². The molecule has 1 aromatic carbocycles. The fourth-order valence-corrected chi connectivity index (χ4v) is 3.11. The number of nitrogens with zero attached hydrogens (tertiary/aromatic N) is 3. The topological polar surface area (TPSA) is 60.3 Å². The van der Waals surface area contributed by atoms with E-state index >= 15 is 0 Å².